The number of ether oxygens (including phenoxy) is 2. The van der Waals surface area contributed by atoms with Crippen LogP contribution < -0.4 is 14.4 Å². The van der Waals surface area contributed by atoms with Crippen molar-refractivity contribution in [1.29, 1.82) is 0 Å². The predicted molar refractivity (Wildman–Crippen MR) is 121 cm³/mol. The van der Waals surface area contributed by atoms with Crippen molar-refractivity contribution in [3.63, 3.8) is 0 Å². The SMILES string of the molecule is COc1ccc(CN(Cc2ccc(OC)cc2)c2ccc(I)c(Br)n2)cc1. The van der Waals surface area contributed by atoms with E-state index in [1.54, 1.807) is 14.2 Å². The molecule has 0 saturated heterocycles. The molecule has 0 aliphatic rings. The van der Waals surface area contributed by atoms with Crippen molar-refractivity contribution in [3.05, 3.63) is 80.0 Å². The van der Waals surface area contributed by atoms with Gasteiger partial charge in [-0.3, -0.25) is 0 Å². The van der Waals surface area contributed by atoms with E-state index in [0.717, 1.165) is 38.6 Å². The van der Waals surface area contributed by atoms with Gasteiger partial charge in [-0.15, -0.1) is 0 Å². The number of methoxy groups -OCH3 is 2. The van der Waals surface area contributed by atoms with Crippen molar-refractivity contribution in [3.8, 4) is 11.5 Å². The van der Waals surface area contributed by atoms with Crippen LogP contribution in [0.4, 0.5) is 5.82 Å². The van der Waals surface area contributed by atoms with Crippen LogP contribution in [0.25, 0.3) is 0 Å². The highest BCUT2D eigenvalue weighted by molar-refractivity contribution is 14.1. The second-order valence-electron chi connectivity index (χ2n) is 5.99. The number of hydrogen-bond acceptors (Lipinski definition) is 4. The Morgan fingerprint density at radius 2 is 1.30 bits per heavy atom. The molecule has 0 unspecified atom stereocenters. The minimum absolute atomic E-state index is 0.746. The van der Waals surface area contributed by atoms with Crippen molar-refractivity contribution < 1.29 is 9.47 Å². The van der Waals surface area contributed by atoms with E-state index < -0.39 is 0 Å². The molecule has 0 fully saturated rings. The fourth-order valence-corrected chi connectivity index (χ4v) is 3.32. The maximum atomic E-state index is 5.26. The van der Waals surface area contributed by atoms with Gasteiger partial charge in [-0.1, -0.05) is 24.3 Å². The zero-order chi connectivity index (χ0) is 19.2. The van der Waals surface area contributed by atoms with E-state index in [1.807, 2.05) is 24.3 Å². The minimum Gasteiger partial charge on any atom is -0.497 e. The van der Waals surface area contributed by atoms with E-state index in [9.17, 15) is 0 Å². The molecule has 3 aromatic rings. The maximum absolute atomic E-state index is 5.26. The van der Waals surface area contributed by atoms with Gasteiger partial charge in [0.2, 0.25) is 0 Å². The summed E-state index contributed by atoms with van der Waals surface area (Å²) in [6.45, 7) is 1.49. The smallest absolute Gasteiger partial charge is 0.130 e. The fraction of sp³-hybridized carbons (Fsp3) is 0.190. The van der Waals surface area contributed by atoms with Gasteiger partial charge in [0.1, 0.15) is 21.9 Å². The van der Waals surface area contributed by atoms with Gasteiger partial charge in [-0.25, -0.2) is 4.98 Å². The third-order valence-corrected chi connectivity index (χ3v) is 6.39. The molecular formula is C21H20BrIN2O2. The quantitative estimate of drug-likeness (QED) is 0.286. The zero-order valence-corrected chi connectivity index (χ0v) is 18.9. The van der Waals surface area contributed by atoms with E-state index in [2.05, 4.69) is 79.8 Å². The number of hydrogen-bond donors (Lipinski definition) is 0. The highest BCUT2D eigenvalue weighted by Gasteiger charge is 2.12. The Labute approximate surface area is 181 Å². The molecule has 6 heteroatoms. The summed E-state index contributed by atoms with van der Waals surface area (Å²) in [5, 5.41) is 0. The minimum atomic E-state index is 0.746. The van der Waals surface area contributed by atoms with Crippen molar-refractivity contribution in [2.75, 3.05) is 19.1 Å². The Morgan fingerprint density at radius 3 is 1.70 bits per heavy atom. The first-order valence-corrected chi connectivity index (χ1v) is 10.3. The molecule has 1 heterocycles. The van der Waals surface area contributed by atoms with Gasteiger partial charge in [0.25, 0.3) is 0 Å². The average Bonchev–Trinajstić information content (AvgIpc) is 2.70. The molecule has 27 heavy (non-hydrogen) atoms. The first kappa shape index (κ1) is 19.9. The van der Waals surface area contributed by atoms with Gasteiger partial charge < -0.3 is 14.4 Å². The summed E-state index contributed by atoms with van der Waals surface area (Å²) >= 11 is 5.82. The Bertz CT molecular complexity index is 836. The molecule has 0 atom stereocenters. The van der Waals surface area contributed by atoms with E-state index in [4.69, 9.17) is 14.5 Å². The molecule has 0 aliphatic carbocycles. The predicted octanol–water partition coefficient (Wildman–Crippen LogP) is 5.67. The van der Waals surface area contributed by atoms with Crippen molar-refractivity contribution >= 4 is 44.3 Å². The Morgan fingerprint density at radius 1 is 0.815 bits per heavy atom. The van der Waals surface area contributed by atoms with Gasteiger partial charge in [0, 0.05) is 16.7 Å². The summed E-state index contributed by atoms with van der Waals surface area (Å²) in [5.41, 5.74) is 2.39. The topological polar surface area (TPSA) is 34.6 Å². The van der Waals surface area contributed by atoms with Crippen molar-refractivity contribution in [2.24, 2.45) is 0 Å². The monoisotopic (exact) mass is 538 g/mol. The average molecular weight is 539 g/mol. The van der Waals surface area contributed by atoms with Gasteiger partial charge in [0.05, 0.1) is 14.2 Å². The summed E-state index contributed by atoms with van der Waals surface area (Å²) in [6.07, 6.45) is 0. The van der Waals surface area contributed by atoms with Crippen LogP contribution in [-0.2, 0) is 13.1 Å². The molecule has 2 aromatic carbocycles. The van der Waals surface area contributed by atoms with Crippen LogP contribution in [0.2, 0.25) is 0 Å². The molecule has 0 saturated carbocycles. The third-order valence-electron chi connectivity index (χ3n) is 4.18. The molecule has 0 amide bonds. The van der Waals surface area contributed by atoms with Gasteiger partial charge in [-0.05, 0) is 86.0 Å². The number of benzene rings is 2. The maximum Gasteiger partial charge on any atom is 0.130 e. The fourth-order valence-electron chi connectivity index (χ4n) is 2.70. The number of aromatic nitrogens is 1. The zero-order valence-electron chi connectivity index (χ0n) is 15.2. The number of rotatable bonds is 7. The first-order valence-electron chi connectivity index (χ1n) is 8.42. The molecule has 1 aromatic heterocycles. The van der Waals surface area contributed by atoms with Crippen LogP contribution in [0, 0.1) is 3.57 Å². The van der Waals surface area contributed by atoms with Crippen LogP contribution in [0.3, 0.4) is 0 Å². The van der Waals surface area contributed by atoms with Crippen LogP contribution in [0.5, 0.6) is 11.5 Å². The molecular weight excluding hydrogens is 519 g/mol. The summed E-state index contributed by atoms with van der Waals surface area (Å²) < 4.78 is 12.5. The van der Waals surface area contributed by atoms with Gasteiger partial charge in [-0.2, -0.15) is 0 Å². The highest BCUT2D eigenvalue weighted by atomic mass is 127. The van der Waals surface area contributed by atoms with Crippen LogP contribution in [-0.4, -0.2) is 19.2 Å². The molecule has 0 N–H and O–H groups in total. The summed E-state index contributed by atoms with van der Waals surface area (Å²) in [6, 6.07) is 20.4. The largest absolute Gasteiger partial charge is 0.497 e. The standard InChI is InChI=1S/C21H20BrIN2O2/c1-26-17-7-3-15(4-8-17)13-25(20-12-11-19(23)21(22)24-20)14-16-5-9-18(27-2)10-6-16/h3-12H,13-14H2,1-2H3. The summed E-state index contributed by atoms with van der Waals surface area (Å²) in [7, 11) is 3.36. The first-order chi connectivity index (χ1) is 13.1. The Kier molecular flexibility index (Phi) is 6.95. The second-order valence-corrected chi connectivity index (χ2v) is 7.91. The second kappa shape index (κ2) is 9.41. The molecule has 3 rings (SSSR count). The Hall–Kier alpha value is -1.80. The summed E-state index contributed by atoms with van der Waals surface area (Å²) in [5.74, 6) is 2.64. The van der Waals surface area contributed by atoms with Crippen molar-refractivity contribution in [2.45, 2.75) is 13.1 Å². The van der Waals surface area contributed by atoms with Crippen LogP contribution >= 0.6 is 38.5 Å². The Balaban J connectivity index is 1.87. The van der Waals surface area contributed by atoms with Gasteiger partial charge in [0.15, 0.2) is 0 Å². The van der Waals surface area contributed by atoms with Crippen molar-refractivity contribution in [1.82, 2.24) is 4.98 Å². The lowest BCUT2D eigenvalue weighted by atomic mass is 10.1. The normalized spacial score (nSPS) is 10.5. The number of anilines is 1. The molecule has 140 valence electrons. The third kappa shape index (κ3) is 5.35. The van der Waals surface area contributed by atoms with Gasteiger partial charge >= 0.3 is 0 Å². The van der Waals surface area contributed by atoms with E-state index in [1.165, 1.54) is 11.1 Å². The summed E-state index contributed by atoms with van der Waals surface area (Å²) in [4.78, 5) is 6.97. The number of halogens is 2. The number of nitrogens with zero attached hydrogens (tertiary/aromatic N) is 2. The number of pyridine rings is 1. The lowest BCUT2D eigenvalue weighted by molar-refractivity contribution is 0.414. The lowest BCUT2D eigenvalue weighted by Gasteiger charge is -2.24. The molecule has 0 radical (unpaired) electrons. The van der Waals surface area contributed by atoms with E-state index >= 15 is 0 Å². The van der Waals surface area contributed by atoms with E-state index in [-0.39, 0.29) is 0 Å². The molecule has 0 spiro atoms. The molecule has 4 nitrogen and oxygen atoms in total. The lowest BCUT2D eigenvalue weighted by Crippen LogP contribution is -2.23. The molecule has 0 aliphatic heterocycles. The van der Waals surface area contributed by atoms with Crippen LogP contribution in [0.15, 0.2) is 65.3 Å². The highest BCUT2D eigenvalue weighted by Crippen LogP contribution is 2.25. The molecule has 0 bridgehead atoms. The van der Waals surface area contributed by atoms with Crippen LogP contribution in [0.1, 0.15) is 11.1 Å². The van der Waals surface area contributed by atoms with E-state index in [0.29, 0.717) is 0 Å².